The number of aromatic nitrogens is 1. The maximum absolute atomic E-state index is 5.38. The molecule has 0 unspecified atom stereocenters. The molecule has 0 amide bonds. The molecule has 0 atom stereocenters. The molecule has 0 saturated heterocycles. The molecule has 1 heterocycles. The number of para-hydroxylation sites is 1. The monoisotopic (exact) mass is 271 g/mol. The van der Waals surface area contributed by atoms with Crippen molar-refractivity contribution in [3.05, 3.63) is 79.2 Å². The van der Waals surface area contributed by atoms with E-state index in [0.29, 0.717) is 0 Å². The number of fused-ring (bicyclic) bond motifs is 1. The van der Waals surface area contributed by atoms with E-state index in [1.165, 1.54) is 17.5 Å². The van der Waals surface area contributed by atoms with Gasteiger partial charge in [0.05, 0.1) is 0 Å². The molecule has 100 valence electrons. The molecule has 2 nitrogen and oxygen atoms in total. The van der Waals surface area contributed by atoms with E-state index >= 15 is 0 Å². The highest BCUT2D eigenvalue weighted by Crippen LogP contribution is 2.30. The Hall–Kier alpha value is -2.87. The number of hydrogen-bond acceptors (Lipinski definition) is 2. The van der Waals surface area contributed by atoms with Gasteiger partial charge >= 0.3 is 0 Å². The summed E-state index contributed by atoms with van der Waals surface area (Å²) in [4.78, 5) is 4.33. The quantitative estimate of drug-likeness (QED) is 0.503. The smallest absolute Gasteiger partial charge is 0.182 e. The molecule has 4 rings (SSSR count). The summed E-state index contributed by atoms with van der Waals surface area (Å²) in [6.45, 7) is 0. The summed E-state index contributed by atoms with van der Waals surface area (Å²) in [5, 5.41) is 0. The number of nitrogens with zero attached hydrogens (tertiary/aromatic N) is 1. The Labute approximate surface area is 122 Å². The number of rotatable bonds is 2. The number of hydrogen-bond donors (Lipinski definition) is 0. The molecule has 0 radical (unpaired) electrons. The van der Waals surface area contributed by atoms with E-state index in [1.807, 2.05) is 18.2 Å². The predicted molar refractivity (Wildman–Crippen MR) is 84.9 cm³/mol. The van der Waals surface area contributed by atoms with Gasteiger partial charge < -0.3 is 4.42 Å². The van der Waals surface area contributed by atoms with Crippen LogP contribution in [0.3, 0.4) is 0 Å². The molecule has 0 fully saturated rings. The Kier molecular flexibility index (Phi) is 2.79. The summed E-state index contributed by atoms with van der Waals surface area (Å²) in [5.74, 6) is 0. The molecule has 2 heteroatoms. The van der Waals surface area contributed by atoms with Crippen LogP contribution < -0.4 is 0 Å². The molecule has 21 heavy (non-hydrogen) atoms. The second-order valence-corrected chi connectivity index (χ2v) is 4.95. The Morgan fingerprint density at radius 3 is 2.33 bits per heavy atom. The van der Waals surface area contributed by atoms with E-state index in [-0.39, 0.29) is 0 Å². The molecule has 0 aliphatic heterocycles. The van der Waals surface area contributed by atoms with Crippen LogP contribution in [0.4, 0.5) is 0 Å². The maximum Gasteiger partial charge on any atom is 0.182 e. The van der Waals surface area contributed by atoms with Gasteiger partial charge in [-0.1, -0.05) is 60.7 Å². The van der Waals surface area contributed by atoms with E-state index < -0.39 is 0 Å². The zero-order valence-corrected chi connectivity index (χ0v) is 11.4. The first-order chi connectivity index (χ1) is 10.4. The fourth-order valence-electron chi connectivity index (χ4n) is 2.62. The van der Waals surface area contributed by atoms with E-state index in [4.69, 9.17) is 4.42 Å². The summed E-state index contributed by atoms with van der Waals surface area (Å²) >= 11 is 0. The average Bonchev–Trinajstić information content (AvgIpc) is 3.04. The van der Waals surface area contributed by atoms with Crippen LogP contribution in [0.1, 0.15) is 0 Å². The fraction of sp³-hybridized carbons (Fsp3) is 0. The predicted octanol–water partition coefficient (Wildman–Crippen LogP) is 5.16. The number of benzene rings is 3. The van der Waals surface area contributed by atoms with E-state index in [9.17, 15) is 0 Å². The first-order valence-electron chi connectivity index (χ1n) is 6.90. The standard InChI is InChI=1S/C19H13NO/c1-2-6-14(7-3-1)15-8-4-9-16(12-15)17-10-5-11-18-19(17)20-13-21-18/h1-13H. The SMILES string of the molecule is c1ccc(-c2cccc(-c3cccc4ocnc34)c2)cc1. The molecular weight excluding hydrogens is 258 g/mol. The van der Waals surface area contributed by atoms with Crippen LogP contribution in [-0.2, 0) is 0 Å². The zero-order chi connectivity index (χ0) is 14.1. The second kappa shape index (κ2) is 4.91. The van der Waals surface area contributed by atoms with Gasteiger partial charge in [0, 0.05) is 5.56 Å². The normalized spacial score (nSPS) is 10.9. The number of oxazole rings is 1. The van der Waals surface area contributed by atoms with Crippen LogP contribution in [0, 0.1) is 0 Å². The van der Waals surface area contributed by atoms with Crippen LogP contribution in [-0.4, -0.2) is 4.98 Å². The van der Waals surface area contributed by atoms with Gasteiger partial charge in [0.1, 0.15) is 5.52 Å². The van der Waals surface area contributed by atoms with Gasteiger partial charge in [-0.2, -0.15) is 0 Å². The lowest BCUT2D eigenvalue weighted by Crippen LogP contribution is -1.83. The molecule has 0 N–H and O–H groups in total. The van der Waals surface area contributed by atoms with Crippen molar-refractivity contribution in [3.8, 4) is 22.3 Å². The highest BCUT2D eigenvalue weighted by molar-refractivity contribution is 5.91. The minimum Gasteiger partial charge on any atom is -0.443 e. The molecular formula is C19H13NO. The van der Waals surface area contributed by atoms with Crippen molar-refractivity contribution in [3.63, 3.8) is 0 Å². The Bertz CT molecular complexity index is 894. The van der Waals surface area contributed by atoms with Gasteiger partial charge in [-0.15, -0.1) is 0 Å². The van der Waals surface area contributed by atoms with Gasteiger partial charge in [0.15, 0.2) is 12.0 Å². The van der Waals surface area contributed by atoms with Crippen LogP contribution in [0.5, 0.6) is 0 Å². The topological polar surface area (TPSA) is 26.0 Å². The van der Waals surface area contributed by atoms with Gasteiger partial charge in [0.25, 0.3) is 0 Å². The third-order valence-electron chi connectivity index (χ3n) is 3.64. The summed E-state index contributed by atoms with van der Waals surface area (Å²) in [6, 6.07) is 24.9. The molecule has 0 aliphatic rings. The van der Waals surface area contributed by atoms with Crippen LogP contribution >= 0.6 is 0 Å². The van der Waals surface area contributed by atoms with Crippen molar-refractivity contribution < 1.29 is 4.42 Å². The molecule has 0 bridgehead atoms. The lowest BCUT2D eigenvalue weighted by atomic mass is 9.98. The highest BCUT2D eigenvalue weighted by atomic mass is 16.3. The average molecular weight is 271 g/mol. The van der Waals surface area contributed by atoms with Gasteiger partial charge in [-0.25, -0.2) is 4.98 Å². The van der Waals surface area contributed by atoms with E-state index in [2.05, 4.69) is 59.6 Å². The largest absolute Gasteiger partial charge is 0.443 e. The van der Waals surface area contributed by atoms with E-state index in [1.54, 1.807) is 0 Å². The zero-order valence-electron chi connectivity index (χ0n) is 11.4. The van der Waals surface area contributed by atoms with E-state index in [0.717, 1.165) is 22.2 Å². The third-order valence-corrected chi connectivity index (χ3v) is 3.64. The fourth-order valence-corrected chi connectivity index (χ4v) is 2.62. The van der Waals surface area contributed by atoms with Crippen molar-refractivity contribution in [2.75, 3.05) is 0 Å². The third kappa shape index (κ3) is 2.11. The van der Waals surface area contributed by atoms with Crippen molar-refractivity contribution >= 4 is 11.1 Å². The lowest BCUT2D eigenvalue weighted by molar-refractivity contribution is 0.602. The molecule has 0 saturated carbocycles. The second-order valence-electron chi connectivity index (χ2n) is 4.95. The Morgan fingerprint density at radius 1 is 0.667 bits per heavy atom. The summed E-state index contributed by atoms with van der Waals surface area (Å²) in [5.41, 5.74) is 6.38. The summed E-state index contributed by atoms with van der Waals surface area (Å²) in [6.07, 6.45) is 1.50. The highest BCUT2D eigenvalue weighted by Gasteiger charge is 2.08. The molecule has 0 spiro atoms. The first-order valence-corrected chi connectivity index (χ1v) is 6.90. The van der Waals surface area contributed by atoms with Crippen molar-refractivity contribution in [2.24, 2.45) is 0 Å². The minimum atomic E-state index is 0.817. The van der Waals surface area contributed by atoms with Gasteiger partial charge in [-0.05, 0) is 28.8 Å². The Balaban J connectivity index is 1.88. The summed E-state index contributed by atoms with van der Waals surface area (Å²) in [7, 11) is 0. The maximum atomic E-state index is 5.38. The van der Waals surface area contributed by atoms with Gasteiger partial charge in [0.2, 0.25) is 0 Å². The molecule has 0 aliphatic carbocycles. The minimum absolute atomic E-state index is 0.817. The lowest BCUT2D eigenvalue weighted by Gasteiger charge is -2.06. The molecule has 3 aromatic carbocycles. The van der Waals surface area contributed by atoms with Gasteiger partial charge in [-0.3, -0.25) is 0 Å². The molecule has 4 aromatic rings. The molecule has 1 aromatic heterocycles. The first kappa shape index (κ1) is 11.9. The van der Waals surface area contributed by atoms with Crippen molar-refractivity contribution in [1.82, 2.24) is 4.98 Å². The van der Waals surface area contributed by atoms with Crippen molar-refractivity contribution in [2.45, 2.75) is 0 Å². The van der Waals surface area contributed by atoms with Crippen LogP contribution in [0.25, 0.3) is 33.4 Å². The van der Waals surface area contributed by atoms with Crippen molar-refractivity contribution in [1.29, 1.82) is 0 Å². The Morgan fingerprint density at radius 2 is 1.43 bits per heavy atom. The van der Waals surface area contributed by atoms with Crippen LogP contribution in [0.2, 0.25) is 0 Å². The summed E-state index contributed by atoms with van der Waals surface area (Å²) < 4.78 is 5.38. The van der Waals surface area contributed by atoms with Crippen LogP contribution in [0.15, 0.2) is 83.6 Å².